The SMILES string of the molecule is CC(=O)OC1(c2ccccc2)COC2(OC1)OCC(OC(C)=O)(c1ccccc1)C(C)O2. The van der Waals surface area contributed by atoms with Gasteiger partial charge < -0.3 is 9.47 Å². The smallest absolute Gasteiger partial charge is 0.413 e. The molecule has 0 radical (unpaired) electrons. The number of esters is 2. The summed E-state index contributed by atoms with van der Waals surface area (Å²) < 4.78 is 35.1. The minimum Gasteiger partial charge on any atom is -0.449 e. The lowest BCUT2D eigenvalue weighted by Crippen LogP contribution is -2.64. The number of carbonyl (C=O) groups is 2. The molecule has 170 valence electrons. The first-order valence-corrected chi connectivity index (χ1v) is 10.4. The molecule has 0 bridgehead atoms. The second-order valence-electron chi connectivity index (χ2n) is 7.93. The fourth-order valence-corrected chi connectivity index (χ4v) is 4.07. The summed E-state index contributed by atoms with van der Waals surface area (Å²) in [6.07, 6.45) is -2.48. The van der Waals surface area contributed by atoms with Crippen molar-refractivity contribution in [3.8, 4) is 0 Å². The van der Waals surface area contributed by atoms with Crippen molar-refractivity contribution in [3.05, 3.63) is 71.8 Å². The van der Waals surface area contributed by atoms with Gasteiger partial charge in [0, 0.05) is 25.0 Å². The summed E-state index contributed by atoms with van der Waals surface area (Å²) in [6, 6.07) is 18.5. The van der Waals surface area contributed by atoms with Gasteiger partial charge in [0.25, 0.3) is 0 Å². The number of hydrogen-bond donors (Lipinski definition) is 0. The number of carbonyl (C=O) groups excluding carboxylic acids is 2. The molecule has 2 unspecified atom stereocenters. The van der Waals surface area contributed by atoms with Crippen molar-refractivity contribution < 1.29 is 38.0 Å². The summed E-state index contributed by atoms with van der Waals surface area (Å²) in [5.41, 5.74) is -0.855. The van der Waals surface area contributed by atoms with E-state index in [9.17, 15) is 9.59 Å². The summed E-state index contributed by atoms with van der Waals surface area (Å²) in [7, 11) is 0. The second kappa shape index (κ2) is 8.63. The molecule has 2 aromatic carbocycles. The van der Waals surface area contributed by atoms with Crippen LogP contribution in [0.5, 0.6) is 0 Å². The van der Waals surface area contributed by atoms with Crippen LogP contribution in [0.25, 0.3) is 0 Å². The molecule has 2 aromatic rings. The Bertz CT molecular complexity index is 947. The first-order valence-electron chi connectivity index (χ1n) is 10.4. The van der Waals surface area contributed by atoms with E-state index in [1.165, 1.54) is 13.8 Å². The van der Waals surface area contributed by atoms with E-state index in [0.29, 0.717) is 0 Å². The highest BCUT2D eigenvalue weighted by Crippen LogP contribution is 2.44. The molecule has 8 heteroatoms. The Hall–Kier alpha value is -2.78. The minimum absolute atomic E-state index is 0.0464. The van der Waals surface area contributed by atoms with E-state index in [0.717, 1.165) is 11.1 Å². The Morgan fingerprint density at radius 2 is 1.28 bits per heavy atom. The molecule has 2 fully saturated rings. The lowest BCUT2D eigenvalue weighted by Gasteiger charge is -2.51. The molecule has 2 atom stereocenters. The average molecular weight is 442 g/mol. The molecular weight excluding hydrogens is 416 g/mol. The highest BCUT2D eigenvalue weighted by molar-refractivity contribution is 5.67. The molecule has 2 aliphatic heterocycles. The molecule has 0 aromatic heterocycles. The molecule has 4 rings (SSSR count). The van der Waals surface area contributed by atoms with E-state index in [4.69, 9.17) is 28.4 Å². The third-order valence-electron chi connectivity index (χ3n) is 5.63. The Labute approximate surface area is 186 Å². The maximum Gasteiger partial charge on any atom is 0.413 e. The lowest BCUT2D eigenvalue weighted by atomic mass is 9.88. The van der Waals surface area contributed by atoms with Crippen molar-refractivity contribution >= 4 is 11.9 Å². The van der Waals surface area contributed by atoms with Crippen LogP contribution in [0.4, 0.5) is 0 Å². The predicted molar refractivity (Wildman–Crippen MR) is 111 cm³/mol. The van der Waals surface area contributed by atoms with E-state index < -0.39 is 35.4 Å². The van der Waals surface area contributed by atoms with Crippen LogP contribution in [0.3, 0.4) is 0 Å². The third-order valence-corrected chi connectivity index (χ3v) is 5.63. The van der Waals surface area contributed by atoms with E-state index in [1.807, 2.05) is 60.7 Å². The molecule has 8 nitrogen and oxygen atoms in total. The topological polar surface area (TPSA) is 89.5 Å². The average Bonchev–Trinajstić information content (AvgIpc) is 2.78. The number of ether oxygens (including phenoxy) is 6. The van der Waals surface area contributed by atoms with Crippen molar-refractivity contribution in [2.75, 3.05) is 19.8 Å². The second-order valence-corrected chi connectivity index (χ2v) is 7.93. The van der Waals surface area contributed by atoms with Gasteiger partial charge in [0.15, 0.2) is 11.2 Å². The fraction of sp³-hybridized carbons (Fsp3) is 0.417. The van der Waals surface area contributed by atoms with Gasteiger partial charge in [-0.25, -0.2) is 0 Å². The zero-order valence-electron chi connectivity index (χ0n) is 18.2. The highest BCUT2D eigenvalue weighted by Gasteiger charge is 2.59. The molecule has 0 N–H and O–H groups in total. The van der Waals surface area contributed by atoms with Crippen LogP contribution in [0.15, 0.2) is 60.7 Å². The number of hydrogen-bond acceptors (Lipinski definition) is 8. The van der Waals surface area contributed by atoms with Crippen LogP contribution in [-0.4, -0.2) is 44.0 Å². The van der Waals surface area contributed by atoms with Crippen LogP contribution in [-0.2, 0) is 49.2 Å². The zero-order chi connectivity index (χ0) is 22.8. The summed E-state index contributed by atoms with van der Waals surface area (Å²) >= 11 is 0. The molecular formula is C24H26O8. The van der Waals surface area contributed by atoms with Gasteiger partial charge in [0.2, 0.25) is 0 Å². The van der Waals surface area contributed by atoms with Crippen molar-refractivity contribution in [3.63, 3.8) is 0 Å². The molecule has 0 aliphatic carbocycles. The lowest BCUT2D eigenvalue weighted by molar-refractivity contribution is -0.563. The van der Waals surface area contributed by atoms with Crippen molar-refractivity contribution in [1.82, 2.24) is 0 Å². The molecule has 0 saturated carbocycles. The molecule has 2 aliphatic rings. The van der Waals surface area contributed by atoms with E-state index in [1.54, 1.807) is 6.92 Å². The Morgan fingerprint density at radius 1 is 0.781 bits per heavy atom. The maximum absolute atomic E-state index is 11.9. The van der Waals surface area contributed by atoms with E-state index in [2.05, 4.69) is 0 Å². The number of rotatable bonds is 4. The standard InChI is InChI=1S/C24H26O8/c1-17-23(32-19(3)26,21-12-8-5-9-13-21)16-29-24(30-17)27-14-22(15-28-24,31-18(2)25)20-10-6-4-7-11-20/h4-13,17H,14-16H2,1-3H3. The molecule has 1 spiro atoms. The maximum atomic E-state index is 11.9. The zero-order valence-corrected chi connectivity index (χ0v) is 18.2. The minimum atomic E-state index is -1.81. The summed E-state index contributed by atoms with van der Waals surface area (Å²) in [6.45, 7) is 4.28. The summed E-state index contributed by atoms with van der Waals surface area (Å²) in [5.74, 6) is -0.930. The van der Waals surface area contributed by atoms with Crippen molar-refractivity contribution in [1.29, 1.82) is 0 Å². The van der Waals surface area contributed by atoms with Crippen LogP contribution < -0.4 is 0 Å². The van der Waals surface area contributed by atoms with Crippen LogP contribution >= 0.6 is 0 Å². The van der Waals surface area contributed by atoms with Gasteiger partial charge in [0.1, 0.15) is 25.9 Å². The number of benzene rings is 2. The van der Waals surface area contributed by atoms with Gasteiger partial charge >= 0.3 is 18.1 Å². The monoisotopic (exact) mass is 442 g/mol. The van der Waals surface area contributed by atoms with Gasteiger partial charge in [0.05, 0.1) is 0 Å². The van der Waals surface area contributed by atoms with Crippen molar-refractivity contribution in [2.45, 2.75) is 44.2 Å². The van der Waals surface area contributed by atoms with Gasteiger partial charge in [-0.1, -0.05) is 60.7 Å². The van der Waals surface area contributed by atoms with Gasteiger partial charge in [-0.2, -0.15) is 0 Å². The third kappa shape index (κ3) is 4.14. The quantitative estimate of drug-likeness (QED) is 0.668. The van der Waals surface area contributed by atoms with Crippen LogP contribution in [0.2, 0.25) is 0 Å². The largest absolute Gasteiger partial charge is 0.449 e. The first kappa shape index (κ1) is 22.4. The van der Waals surface area contributed by atoms with Gasteiger partial charge in [-0.3, -0.25) is 28.5 Å². The summed E-state index contributed by atoms with van der Waals surface area (Å²) in [5, 5.41) is 0. The Balaban J connectivity index is 1.56. The van der Waals surface area contributed by atoms with Gasteiger partial charge in [-0.15, -0.1) is 0 Å². The molecule has 2 saturated heterocycles. The van der Waals surface area contributed by atoms with E-state index in [-0.39, 0.29) is 19.8 Å². The van der Waals surface area contributed by atoms with E-state index >= 15 is 0 Å². The molecule has 0 amide bonds. The predicted octanol–water partition coefficient (Wildman–Crippen LogP) is 3.00. The Kier molecular flexibility index (Phi) is 6.05. The molecule has 2 heterocycles. The normalized spacial score (nSPS) is 32.3. The first-order chi connectivity index (χ1) is 15.3. The van der Waals surface area contributed by atoms with Crippen molar-refractivity contribution in [2.24, 2.45) is 0 Å². The molecule has 32 heavy (non-hydrogen) atoms. The van der Waals surface area contributed by atoms with Gasteiger partial charge in [-0.05, 0) is 6.92 Å². The summed E-state index contributed by atoms with van der Waals surface area (Å²) in [4.78, 5) is 23.7. The van der Waals surface area contributed by atoms with Crippen LogP contribution in [0.1, 0.15) is 31.9 Å². The Morgan fingerprint density at radius 3 is 1.78 bits per heavy atom. The van der Waals surface area contributed by atoms with Crippen LogP contribution in [0, 0.1) is 0 Å². The fourth-order valence-electron chi connectivity index (χ4n) is 4.07. The highest BCUT2D eigenvalue weighted by atomic mass is 17.0.